The maximum absolute atomic E-state index is 12.4. The highest BCUT2D eigenvalue weighted by molar-refractivity contribution is 5.94. The van der Waals surface area contributed by atoms with Crippen molar-refractivity contribution >= 4 is 5.91 Å². The fourth-order valence-electron chi connectivity index (χ4n) is 2.88. The van der Waals surface area contributed by atoms with Crippen LogP contribution in [0.4, 0.5) is 0 Å². The smallest absolute Gasteiger partial charge is 0.251 e. The van der Waals surface area contributed by atoms with Gasteiger partial charge in [-0.15, -0.1) is 0 Å². The Labute approximate surface area is 156 Å². The number of ether oxygens (including phenoxy) is 2. The minimum Gasteiger partial charge on any atom is -0.454 e. The molecule has 0 saturated carbocycles. The van der Waals surface area contributed by atoms with E-state index in [-0.39, 0.29) is 12.7 Å². The zero-order valence-electron chi connectivity index (χ0n) is 14.8. The number of benzene rings is 1. The summed E-state index contributed by atoms with van der Waals surface area (Å²) in [4.78, 5) is 25.6. The van der Waals surface area contributed by atoms with E-state index in [0.29, 0.717) is 35.9 Å². The van der Waals surface area contributed by atoms with E-state index in [1.165, 1.54) is 0 Å². The third kappa shape index (κ3) is 3.72. The molecule has 0 saturated heterocycles. The van der Waals surface area contributed by atoms with Crippen LogP contribution in [0, 0.1) is 6.92 Å². The Hall–Kier alpha value is -3.48. The molecule has 7 heteroatoms. The minimum absolute atomic E-state index is 0.168. The number of nitrogens with zero attached hydrogens (tertiary/aromatic N) is 3. The second kappa shape index (κ2) is 7.41. The first-order chi connectivity index (χ1) is 13.2. The first-order valence-corrected chi connectivity index (χ1v) is 8.62. The molecule has 7 nitrogen and oxygen atoms in total. The molecule has 1 aromatic carbocycles. The Morgan fingerprint density at radius 1 is 1.15 bits per heavy atom. The number of hydrogen-bond donors (Lipinski definition) is 1. The summed E-state index contributed by atoms with van der Waals surface area (Å²) in [6, 6.07) is 10.9. The lowest BCUT2D eigenvalue weighted by atomic mass is 10.1. The largest absolute Gasteiger partial charge is 0.454 e. The zero-order valence-corrected chi connectivity index (χ0v) is 14.8. The van der Waals surface area contributed by atoms with E-state index in [4.69, 9.17) is 9.47 Å². The number of aromatic nitrogens is 3. The highest BCUT2D eigenvalue weighted by atomic mass is 16.7. The van der Waals surface area contributed by atoms with Gasteiger partial charge in [0.1, 0.15) is 5.82 Å². The fraction of sp³-hybridized carbons (Fsp3) is 0.200. The van der Waals surface area contributed by atoms with Crippen molar-refractivity contribution in [3.05, 3.63) is 65.9 Å². The summed E-state index contributed by atoms with van der Waals surface area (Å²) < 4.78 is 10.6. The zero-order chi connectivity index (χ0) is 18.6. The van der Waals surface area contributed by atoms with Gasteiger partial charge in [0.2, 0.25) is 6.79 Å². The molecular formula is C20H18N4O3. The van der Waals surface area contributed by atoms with Crippen molar-refractivity contribution in [2.45, 2.75) is 13.3 Å². The standard InChI is InChI=1S/C20H18N4O3/c1-13-23-11-15(16-4-2-3-8-21-16)17(24-13)7-9-22-20(25)14-5-6-18-19(10-14)27-12-26-18/h2-6,8,10-11H,7,9,12H2,1H3,(H,22,25). The van der Waals surface area contributed by atoms with Crippen LogP contribution in [0.3, 0.4) is 0 Å². The van der Waals surface area contributed by atoms with E-state index in [1.54, 1.807) is 30.6 Å². The summed E-state index contributed by atoms with van der Waals surface area (Å²) in [5.41, 5.74) is 3.07. The van der Waals surface area contributed by atoms with Crippen LogP contribution in [-0.2, 0) is 6.42 Å². The molecule has 0 fully saturated rings. The van der Waals surface area contributed by atoms with E-state index in [0.717, 1.165) is 17.0 Å². The van der Waals surface area contributed by atoms with Crippen molar-refractivity contribution in [3.63, 3.8) is 0 Å². The summed E-state index contributed by atoms with van der Waals surface area (Å²) in [5, 5.41) is 2.92. The van der Waals surface area contributed by atoms with Crippen molar-refractivity contribution < 1.29 is 14.3 Å². The fourth-order valence-corrected chi connectivity index (χ4v) is 2.88. The predicted molar refractivity (Wildman–Crippen MR) is 98.6 cm³/mol. The number of carbonyl (C=O) groups is 1. The maximum atomic E-state index is 12.4. The Balaban J connectivity index is 1.45. The lowest BCUT2D eigenvalue weighted by Crippen LogP contribution is -2.26. The number of pyridine rings is 1. The van der Waals surface area contributed by atoms with E-state index in [1.807, 2.05) is 25.1 Å². The second-order valence-electron chi connectivity index (χ2n) is 6.07. The monoisotopic (exact) mass is 362 g/mol. The number of hydrogen-bond acceptors (Lipinski definition) is 6. The van der Waals surface area contributed by atoms with Gasteiger partial charge in [0, 0.05) is 36.5 Å². The van der Waals surface area contributed by atoms with Gasteiger partial charge in [-0.3, -0.25) is 9.78 Å². The lowest BCUT2D eigenvalue weighted by Gasteiger charge is -2.10. The molecule has 136 valence electrons. The summed E-state index contributed by atoms with van der Waals surface area (Å²) in [6.45, 7) is 2.48. The summed E-state index contributed by atoms with van der Waals surface area (Å²) in [5.74, 6) is 1.76. The van der Waals surface area contributed by atoms with E-state index < -0.39 is 0 Å². The minimum atomic E-state index is -0.168. The summed E-state index contributed by atoms with van der Waals surface area (Å²) in [7, 11) is 0. The highest BCUT2D eigenvalue weighted by Crippen LogP contribution is 2.32. The van der Waals surface area contributed by atoms with Gasteiger partial charge >= 0.3 is 0 Å². The Kier molecular flexibility index (Phi) is 4.65. The van der Waals surface area contributed by atoms with Crippen LogP contribution < -0.4 is 14.8 Å². The first-order valence-electron chi connectivity index (χ1n) is 8.62. The van der Waals surface area contributed by atoms with Gasteiger partial charge in [-0.05, 0) is 37.3 Å². The van der Waals surface area contributed by atoms with Crippen molar-refractivity contribution in [2.75, 3.05) is 13.3 Å². The van der Waals surface area contributed by atoms with Crippen LogP contribution in [0.2, 0.25) is 0 Å². The molecule has 0 bridgehead atoms. The third-order valence-electron chi connectivity index (χ3n) is 4.21. The normalized spacial score (nSPS) is 12.0. The van der Waals surface area contributed by atoms with Gasteiger partial charge in [0.15, 0.2) is 11.5 Å². The van der Waals surface area contributed by atoms with Gasteiger partial charge < -0.3 is 14.8 Å². The Bertz CT molecular complexity index is 976. The van der Waals surface area contributed by atoms with E-state index in [9.17, 15) is 4.79 Å². The molecule has 1 amide bonds. The molecule has 1 aliphatic rings. The van der Waals surface area contributed by atoms with Gasteiger partial charge in [-0.1, -0.05) is 6.07 Å². The van der Waals surface area contributed by atoms with Crippen LogP contribution >= 0.6 is 0 Å². The van der Waals surface area contributed by atoms with Gasteiger partial charge in [-0.25, -0.2) is 9.97 Å². The van der Waals surface area contributed by atoms with Crippen LogP contribution in [0.15, 0.2) is 48.8 Å². The predicted octanol–water partition coefficient (Wildman–Crippen LogP) is 2.55. The topological polar surface area (TPSA) is 86.2 Å². The molecule has 1 aliphatic heterocycles. The van der Waals surface area contributed by atoms with E-state index in [2.05, 4.69) is 20.3 Å². The Morgan fingerprint density at radius 3 is 2.89 bits per heavy atom. The Morgan fingerprint density at radius 2 is 2.04 bits per heavy atom. The number of aryl methyl sites for hydroxylation is 1. The van der Waals surface area contributed by atoms with Crippen molar-refractivity contribution in [3.8, 4) is 22.8 Å². The van der Waals surface area contributed by atoms with Crippen LogP contribution in [0.5, 0.6) is 11.5 Å². The molecular weight excluding hydrogens is 344 g/mol. The van der Waals surface area contributed by atoms with Crippen molar-refractivity contribution in [1.82, 2.24) is 20.3 Å². The summed E-state index contributed by atoms with van der Waals surface area (Å²) >= 11 is 0. The first kappa shape index (κ1) is 17.0. The van der Waals surface area contributed by atoms with Gasteiger partial charge in [0.05, 0.1) is 11.4 Å². The second-order valence-corrected chi connectivity index (χ2v) is 6.07. The molecule has 1 N–H and O–H groups in total. The molecule has 27 heavy (non-hydrogen) atoms. The number of nitrogens with one attached hydrogen (secondary N) is 1. The third-order valence-corrected chi connectivity index (χ3v) is 4.21. The average Bonchev–Trinajstić information content (AvgIpc) is 3.16. The van der Waals surface area contributed by atoms with Crippen molar-refractivity contribution in [2.24, 2.45) is 0 Å². The van der Waals surface area contributed by atoms with Gasteiger partial charge in [-0.2, -0.15) is 0 Å². The highest BCUT2D eigenvalue weighted by Gasteiger charge is 2.16. The quantitative estimate of drug-likeness (QED) is 0.751. The van der Waals surface area contributed by atoms with Crippen molar-refractivity contribution in [1.29, 1.82) is 0 Å². The number of amides is 1. The molecule has 3 heterocycles. The number of carbonyl (C=O) groups excluding carboxylic acids is 1. The summed E-state index contributed by atoms with van der Waals surface area (Å²) in [6.07, 6.45) is 4.09. The number of rotatable bonds is 5. The molecule has 3 aromatic rings. The SMILES string of the molecule is Cc1ncc(-c2ccccn2)c(CCNC(=O)c2ccc3c(c2)OCO3)n1. The molecule has 0 atom stereocenters. The molecule has 2 aromatic heterocycles. The maximum Gasteiger partial charge on any atom is 0.251 e. The lowest BCUT2D eigenvalue weighted by molar-refractivity contribution is 0.0953. The molecule has 0 aliphatic carbocycles. The molecule has 0 radical (unpaired) electrons. The van der Waals surface area contributed by atoms with Crippen LogP contribution in [-0.4, -0.2) is 34.2 Å². The van der Waals surface area contributed by atoms with Gasteiger partial charge in [0.25, 0.3) is 5.91 Å². The molecule has 0 spiro atoms. The molecule has 0 unspecified atom stereocenters. The molecule has 4 rings (SSSR count). The van der Waals surface area contributed by atoms with Crippen LogP contribution in [0.1, 0.15) is 21.9 Å². The van der Waals surface area contributed by atoms with E-state index >= 15 is 0 Å². The van der Waals surface area contributed by atoms with Crippen LogP contribution in [0.25, 0.3) is 11.3 Å². The average molecular weight is 362 g/mol. The number of fused-ring (bicyclic) bond motifs is 1.